The van der Waals surface area contributed by atoms with Crippen molar-refractivity contribution in [2.24, 2.45) is 0 Å². The molecular weight excluding hydrogens is 309 g/mol. The van der Waals surface area contributed by atoms with Crippen molar-refractivity contribution in [3.8, 4) is 5.75 Å². The van der Waals surface area contributed by atoms with Crippen molar-refractivity contribution >= 4 is 16.7 Å². The molecule has 1 atom stereocenters. The Balaban J connectivity index is 2.04. The van der Waals surface area contributed by atoms with E-state index in [1.807, 2.05) is 0 Å². The van der Waals surface area contributed by atoms with Crippen molar-refractivity contribution in [3.05, 3.63) is 42.0 Å². The Labute approximate surface area is 130 Å². The highest BCUT2D eigenvalue weighted by atomic mass is 19.4. The predicted molar refractivity (Wildman–Crippen MR) is 78.8 cm³/mol. The molecule has 0 saturated carbocycles. The number of carbonyl (C=O) groups is 1. The Morgan fingerprint density at radius 1 is 1.17 bits per heavy atom. The van der Waals surface area contributed by atoms with Gasteiger partial charge in [-0.25, -0.2) is 5.01 Å². The number of rotatable bonds is 3. The molecular formula is C16H15F3N2O2. The average Bonchev–Trinajstić information content (AvgIpc) is 2.91. The van der Waals surface area contributed by atoms with Crippen LogP contribution in [-0.2, 0) is 4.79 Å². The number of benzene rings is 2. The maximum atomic E-state index is 13.5. The molecule has 0 spiro atoms. The zero-order valence-electron chi connectivity index (χ0n) is 12.4. The number of alkyl halides is 3. The lowest BCUT2D eigenvalue weighted by atomic mass is 10.0. The van der Waals surface area contributed by atoms with E-state index in [-0.39, 0.29) is 18.5 Å². The van der Waals surface area contributed by atoms with Gasteiger partial charge in [-0.2, -0.15) is 13.2 Å². The topological polar surface area (TPSA) is 41.6 Å². The normalized spacial score (nSPS) is 17.3. The van der Waals surface area contributed by atoms with Gasteiger partial charge in [-0.1, -0.05) is 18.2 Å². The molecule has 1 aliphatic rings. The van der Waals surface area contributed by atoms with E-state index in [9.17, 15) is 18.0 Å². The number of amides is 1. The number of nitrogens with zero attached hydrogens (tertiary/aromatic N) is 1. The minimum atomic E-state index is -4.50. The molecule has 1 unspecified atom stereocenters. The van der Waals surface area contributed by atoms with Gasteiger partial charge >= 0.3 is 6.18 Å². The Morgan fingerprint density at radius 3 is 2.52 bits per heavy atom. The lowest BCUT2D eigenvalue weighted by Crippen LogP contribution is -2.43. The molecule has 0 aromatic heterocycles. The third-order valence-electron chi connectivity index (χ3n) is 3.86. The second-order valence-corrected chi connectivity index (χ2v) is 5.40. The zero-order valence-corrected chi connectivity index (χ0v) is 12.4. The van der Waals surface area contributed by atoms with E-state index in [0.717, 1.165) is 10.4 Å². The molecule has 2 aromatic rings. The number of halogens is 3. The summed E-state index contributed by atoms with van der Waals surface area (Å²) in [6.07, 6.45) is -4.43. The fourth-order valence-electron chi connectivity index (χ4n) is 2.77. The summed E-state index contributed by atoms with van der Waals surface area (Å²) in [5, 5.41) is 2.42. The first-order chi connectivity index (χ1) is 10.9. The summed E-state index contributed by atoms with van der Waals surface area (Å²) in [7, 11) is 1.50. The van der Waals surface area contributed by atoms with E-state index in [0.29, 0.717) is 11.1 Å². The molecule has 1 amide bonds. The Hall–Kier alpha value is -2.28. The van der Waals surface area contributed by atoms with Crippen LogP contribution in [0.15, 0.2) is 36.4 Å². The van der Waals surface area contributed by atoms with Gasteiger partial charge in [0.25, 0.3) is 0 Å². The number of ether oxygens (including phenoxy) is 1. The van der Waals surface area contributed by atoms with Crippen molar-refractivity contribution in [1.82, 2.24) is 10.4 Å². The van der Waals surface area contributed by atoms with E-state index in [1.165, 1.54) is 19.2 Å². The Kier molecular flexibility index (Phi) is 3.89. The summed E-state index contributed by atoms with van der Waals surface area (Å²) in [5.41, 5.74) is 2.36. The largest absolute Gasteiger partial charge is 0.497 e. The number of hydrazine groups is 1. The molecule has 1 heterocycles. The van der Waals surface area contributed by atoms with Gasteiger partial charge in [0.2, 0.25) is 5.91 Å². The number of hydrogen-bond acceptors (Lipinski definition) is 3. The molecule has 0 radical (unpaired) electrons. The van der Waals surface area contributed by atoms with Crippen LogP contribution in [0.2, 0.25) is 0 Å². The smallest absolute Gasteiger partial charge is 0.409 e. The van der Waals surface area contributed by atoms with Gasteiger partial charge in [0, 0.05) is 13.0 Å². The van der Waals surface area contributed by atoms with Crippen LogP contribution >= 0.6 is 0 Å². The van der Waals surface area contributed by atoms with Crippen molar-refractivity contribution in [1.29, 1.82) is 0 Å². The van der Waals surface area contributed by atoms with E-state index in [4.69, 9.17) is 4.74 Å². The first kappa shape index (κ1) is 15.6. The van der Waals surface area contributed by atoms with Gasteiger partial charge in [0.1, 0.15) is 11.8 Å². The van der Waals surface area contributed by atoms with Gasteiger partial charge in [0.15, 0.2) is 0 Å². The van der Waals surface area contributed by atoms with Crippen molar-refractivity contribution in [2.45, 2.75) is 18.6 Å². The highest BCUT2D eigenvalue weighted by Crippen LogP contribution is 2.39. The monoisotopic (exact) mass is 324 g/mol. The third-order valence-corrected chi connectivity index (χ3v) is 3.86. The van der Waals surface area contributed by atoms with Gasteiger partial charge in [-0.05, 0) is 34.5 Å². The maximum Gasteiger partial charge on any atom is 0.409 e. The van der Waals surface area contributed by atoms with E-state index in [1.54, 1.807) is 24.3 Å². The highest BCUT2D eigenvalue weighted by molar-refractivity contribution is 5.84. The SMILES string of the molecule is COc1ccc2ccc(C(N3CCC(=O)N3)C(F)(F)F)cc2c1. The molecule has 1 aliphatic heterocycles. The molecule has 122 valence electrons. The summed E-state index contributed by atoms with van der Waals surface area (Å²) < 4.78 is 45.7. The van der Waals surface area contributed by atoms with Crippen LogP contribution < -0.4 is 10.2 Å². The maximum absolute atomic E-state index is 13.5. The van der Waals surface area contributed by atoms with E-state index < -0.39 is 18.1 Å². The first-order valence-corrected chi connectivity index (χ1v) is 7.09. The van der Waals surface area contributed by atoms with Gasteiger partial charge in [0.05, 0.1) is 7.11 Å². The molecule has 1 fully saturated rings. The Bertz CT molecular complexity index is 746. The van der Waals surface area contributed by atoms with Crippen LogP contribution in [0.5, 0.6) is 5.75 Å². The van der Waals surface area contributed by atoms with Crippen molar-refractivity contribution in [2.75, 3.05) is 13.7 Å². The predicted octanol–water partition coefficient (Wildman–Crippen LogP) is 3.19. The molecule has 1 saturated heterocycles. The van der Waals surface area contributed by atoms with Crippen molar-refractivity contribution < 1.29 is 22.7 Å². The number of fused-ring (bicyclic) bond motifs is 1. The summed E-state index contributed by atoms with van der Waals surface area (Å²) in [5.74, 6) is 0.175. The van der Waals surface area contributed by atoms with Crippen LogP contribution in [0.25, 0.3) is 10.8 Å². The lowest BCUT2D eigenvalue weighted by Gasteiger charge is -2.29. The van der Waals surface area contributed by atoms with Gasteiger partial charge in [-0.15, -0.1) is 0 Å². The molecule has 1 N–H and O–H groups in total. The minimum absolute atomic E-state index is 0.0269. The van der Waals surface area contributed by atoms with Crippen LogP contribution in [-0.4, -0.2) is 30.7 Å². The molecule has 3 rings (SSSR count). The quantitative estimate of drug-likeness (QED) is 0.943. The van der Waals surface area contributed by atoms with Crippen LogP contribution in [0.1, 0.15) is 18.0 Å². The number of carbonyl (C=O) groups excluding carboxylic acids is 1. The van der Waals surface area contributed by atoms with Crippen molar-refractivity contribution in [3.63, 3.8) is 0 Å². The molecule has 23 heavy (non-hydrogen) atoms. The van der Waals surface area contributed by atoms with Crippen LogP contribution in [0.3, 0.4) is 0 Å². The third kappa shape index (κ3) is 3.10. The summed E-state index contributed by atoms with van der Waals surface area (Å²) in [4.78, 5) is 11.3. The molecule has 2 aromatic carbocycles. The molecule has 7 heteroatoms. The number of nitrogens with one attached hydrogen (secondary N) is 1. The summed E-state index contributed by atoms with van der Waals surface area (Å²) in [6.45, 7) is 0.0269. The van der Waals surface area contributed by atoms with E-state index in [2.05, 4.69) is 5.43 Å². The van der Waals surface area contributed by atoms with Gasteiger partial charge in [-0.3, -0.25) is 10.2 Å². The summed E-state index contributed by atoms with van der Waals surface area (Å²) in [6, 6.07) is 7.93. The minimum Gasteiger partial charge on any atom is -0.497 e. The zero-order chi connectivity index (χ0) is 16.6. The Morgan fingerprint density at radius 2 is 1.91 bits per heavy atom. The standard InChI is InChI=1S/C16H15F3N2O2/c1-23-13-5-4-10-2-3-11(8-12(10)9-13)15(16(17,18)19)21-7-6-14(22)20-21/h2-5,8-9,15H,6-7H2,1H3,(H,20,22). The molecule has 0 aliphatic carbocycles. The number of methoxy groups -OCH3 is 1. The number of hydrogen-bond donors (Lipinski definition) is 1. The summed E-state index contributed by atoms with van der Waals surface area (Å²) >= 11 is 0. The second kappa shape index (κ2) is 5.73. The molecule has 4 nitrogen and oxygen atoms in total. The van der Waals surface area contributed by atoms with Gasteiger partial charge < -0.3 is 4.74 Å². The fourth-order valence-corrected chi connectivity index (χ4v) is 2.77. The fraction of sp³-hybridized carbons (Fsp3) is 0.312. The highest BCUT2D eigenvalue weighted by Gasteiger charge is 2.46. The van der Waals surface area contributed by atoms with Crippen LogP contribution in [0.4, 0.5) is 13.2 Å². The lowest BCUT2D eigenvalue weighted by molar-refractivity contribution is -0.191. The van der Waals surface area contributed by atoms with Crippen LogP contribution in [0, 0.1) is 0 Å². The van der Waals surface area contributed by atoms with E-state index >= 15 is 0 Å². The molecule has 0 bridgehead atoms. The second-order valence-electron chi connectivity index (χ2n) is 5.40. The first-order valence-electron chi connectivity index (χ1n) is 7.09. The average molecular weight is 324 g/mol.